The van der Waals surface area contributed by atoms with Crippen LogP contribution in [0.5, 0.6) is 0 Å². The smallest absolute Gasteiger partial charge is 0.259 e. The van der Waals surface area contributed by atoms with Gasteiger partial charge in [-0.05, 0) is 36.2 Å². The van der Waals surface area contributed by atoms with Crippen molar-refractivity contribution in [2.45, 2.75) is 38.0 Å². The number of carbonyl (C=O) groups excluding carboxylic acids is 2. The summed E-state index contributed by atoms with van der Waals surface area (Å²) in [4.78, 5) is 36.2. The van der Waals surface area contributed by atoms with E-state index < -0.39 is 6.04 Å². The highest BCUT2D eigenvalue weighted by molar-refractivity contribution is 8.13. The van der Waals surface area contributed by atoms with E-state index in [4.69, 9.17) is 0 Å². The lowest BCUT2D eigenvalue weighted by atomic mass is 10.1. The molecule has 1 N–H and O–H groups in total. The van der Waals surface area contributed by atoms with Crippen molar-refractivity contribution in [1.29, 1.82) is 0 Å². The number of rotatable bonds is 7. The van der Waals surface area contributed by atoms with E-state index in [2.05, 4.69) is 22.2 Å². The van der Waals surface area contributed by atoms with Gasteiger partial charge < -0.3 is 5.32 Å². The first-order valence-corrected chi connectivity index (χ1v) is 11.3. The van der Waals surface area contributed by atoms with E-state index in [-0.39, 0.29) is 24.1 Å². The summed E-state index contributed by atoms with van der Waals surface area (Å²) in [6.07, 6.45) is 1.90. The second-order valence-corrected chi connectivity index (χ2v) is 8.32. The van der Waals surface area contributed by atoms with Gasteiger partial charge in [-0.3, -0.25) is 14.6 Å². The molecule has 0 saturated heterocycles. The summed E-state index contributed by atoms with van der Waals surface area (Å²) in [5.41, 5.74) is 2.43. The number of halogens is 1. The van der Waals surface area contributed by atoms with Crippen molar-refractivity contribution < 1.29 is 14.0 Å². The van der Waals surface area contributed by atoms with Crippen molar-refractivity contribution in [3.05, 3.63) is 65.5 Å². The van der Waals surface area contributed by atoms with Crippen molar-refractivity contribution in [3.63, 3.8) is 0 Å². The average molecular weight is 439 g/mol. The zero-order valence-electron chi connectivity index (χ0n) is 17.2. The normalized spacial score (nSPS) is 17.0. The Morgan fingerprint density at radius 1 is 1.19 bits per heavy atom. The van der Waals surface area contributed by atoms with E-state index in [1.807, 2.05) is 24.3 Å². The van der Waals surface area contributed by atoms with Gasteiger partial charge in [0.05, 0.1) is 12.1 Å². The summed E-state index contributed by atoms with van der Waals surface area (Å²) in [7, 11) is 0. The number of amidine groups is 2. The molecule has 2 aromatic rings. The number of aliphatic imine (C=N–C) groups is 2. The van der Waals surface area contributed by atoms with Gasteiger partial charge in [-0.15, -0.1) is 0 Å². The molecule has 0 radical (unpaired) electrons. The van der Waals surface area contributed by atoms with E-state index in [1.54, 1.807) is 12.1 Å². The Balaban J connectivity index is 1.55. The molecule has 0 bridgehead atoms. The molecule has 0 spiro atoms. The molecule has 2 heterocycles. The first-order chi connectivity index (χ1) is 15.1. The highest BCUT2D eigenvalue weighted by Gasteiger charge is 2.41. The summed E-state index contributed by atoms with van der Waals surface area (Å²) in [5.74, 6) is 0.341. The average Bonchev–Trinajstić information content (AvgIpc) is 3.10. The van der Waals surface area contributed by atoms with E-state index in [0.29, 0.717) is 23.3 Å². The van der Waals surface area contributed by atoms with Gasteiger partial charge in [0.1, 0.15) is 17.7 Å². The number of unbranched alkanes of at least 4 members (excludes halogenated alkanes) is 1. The van der Waals surface area contributed by atoms with Gasteiger partial charge in [0.2, 0.25) is 5.91 Å². The van der Waals surface area contributed by atoms with Gasteiger partial charge in [-0.2, -0.15) is 0 Å². The maximum Gasteiger partial charge on any atom is 0.259 e. The van der Waals surface area contributed by atoms with Crippen LogP contribution in [0, 0.1) is 5.82 Å². The molecule has 1 unspecified atom stereocenters. The Labute approximate surface area is 184 Å². The van der Waals surface area contributed by atoms with Crippen LogP contribution in [-0.4, -0.2) is 40.3 Å². The molecule has 2 aliphatic rings. The molecule has 0 saturated carbocycles. The summed E-state index contributed by atoms with van der Waals surface area (Å²) < 4.78 is 13.2. The first kappa shape index (κ1) is 21.2. The molecular weight excluding hydrogens is 415 g/mol. The minimum atomic E-state index is -0.764. The number of para-hydroxylation sites is 1. The zero-order chi connectivity index (χ0) is 21.8. The molecule has 2 aromatic carbocycles. The van der Waals surface area contributed by atoms with Gasteiger partial charge in [-0.1, -0.05) is 49.4 Å². The molecule has 31 heavy (non-hydrogen) atoms. The standard InChI is InChI=1S/C23H23FN4O2S/c1-2-3-12-25-20(29)13-19-22(30)28-21(26-19)17-6-4-5-7-18(17)27-23(28)31-14-15-8-10-16(24)11-9-15/h4-11,19H,2-3,12-14H2,1H3,(H,25,29). The highest BCUT2D eigenvalue weighted by Crippen LogP contribution is 2.34. The van der Waals surface area contributed by atoms with Crippen LogP contribution in [0.2, 0.25) is 0 Å². The van der Waals surface area contributed by atoms with Crippen molar-refractivity contribution in [2.24, 2.45) is 9.98 Å². The minimum Gasteiger partial charge on any atom is -0.356 e. The SMILES string of the molecule is CCCCNC(=O)CC1N=C2c3ccccc3N=C(SCc3ccc(F)cc3)N2C1=O. The summed E-state index contributed by atoms with van der Waals surface area (Å²) in [6, 6.07) is 13.0. The van der Waals surface area contributed by atoms with Crippen LogP contribution in [0.1, 0.15) is 37.3 Å². The van der Waals surface area contributed by atoms with Crippen LogP contribution < -0.4 is 5.32 Å². The van der Waals surface area contributed by atoms with Crippen molar-refractivity contribution in [3.8, 4) is 0 Å². The van der Waals surface area contributed by atoms with E-state index in [0.717, 1.165) is 29.7 Å². The lowest BCUT2D eigenvalue weighted by Crippen LogP contribution is -2.42. The monoisotopic (exact) mass is 438 g/mol. The number of hydrogen-bond donors (Lipinski definition) is 1. The second kappa shape index (κ2) is 9.43. The van der Waals surface area contributed by atoms with Crippen molar-refractivity contribution in [1.82, 2.24) is 10.2 Å². The Hall–Kier alpha value is -3.00. The molecule has 0 fully saturated rings. The predicted octanol–water partition coefficient (Wildman–Crippen LogP) is 4.02. The fourth-order valence-electron chi connectivity index (χ4n) is 3.41. The number of benzene rings is 2. The summed E-state index contributed by atoms with van der Waals surface area (Å²) >= 11 is 1.39. The third-order valence-electron chi connectivity index (χ3n) is 5.06. The van der Waals surface area contributed by atoms with Crippen LogP contribution >= 0.6 is 11.8 Å². The first-order valence-electron chi connectivity index (χ1n) is 10.3. The number of nitrogens with zero attached hydrogens (tertiary/aromatic N) is 3. The highest BCUT2D eigenvalue weighted by atomic mass is 32.2. The second-order valence-electron chi connectivity index (χ2n) is 7.38. The lowest BCUT2D eigenvalue weighted by molar-refractivity contribution is -0.128. The summed E-state index contributed by atoms with van der Waals surface area (Å²) in [6.45, 7) is 2.65. The molecule has 8 heteroatoms. The Bertz CT molecular complexity index is 1050. The van der Waals surface area contributed by atoms with Crippen LogP contribution in [0.3, 0.4) is 0 Å². The molecule has 0 aliphatic carbocycles. The molecule has 2 amide bonds. The third kappa shape index (κ3) is 4.69. The molecule has 1 atom stereocenters. The van der Waals surface area contributed by atoms with Gasteiger partial charge in [0.15, 0.2) is 5.17 Å². The van der Waals surface area contributed by atoms with Gasteiger partial charge in [0, 0.05) is 17.9 Å². The van der Waals surface area contributed by atoms with E-state index in [9.17, 15) is 14.0 Å². The Kier molecular flexibility index (Phi) is 6.46. The largest absolute Gasteiger partial charge is 0.356 e. The van der Waals surface area contributed by atoms with Gasteiger partial charge in [0.25, 0.3) is 5.91 Å². The zero-order valence-corrected chi connectivity index (χ0v) is 18.0. The van der Waals surface area contributed by atoms with E-state index in [1.165, 1.54) is 28.8 Å². The number of amides is 2. The number of carbonyl (C=O) groups is 2. The maximum atomic E-state index is 13.2. The minimum absolute atomic E-state index is 0.0145. The maximum absolute atomic E-state index is 13.2. The van der Waals surface area contributed by atoms with Crippen molar-refractivity contribution in [2.75, 3.05) is 6.54 Å². The van der Waals surface area contributed by atoms with Crippen LogP contribution in [-0.2, 0) is 15.3 Å². The van der Waals surface area contributed by atoms with Crippen LogP contribution in [0.25, 0.3) is 0 Å². The summed E-state index contributed by atoms with van der Waals surface area (Å²) in [5, 5.41) is 3.36. The molecule has 0 aromatic heterocycles. The lowest BCUT2D eigenvalue weighted by Gasteiger charge is -2.25. The van der Waals surface area contributed by atoms with Crippen LogP contribution in [0.15, 0.2) is 58.5 Å². The molecule has 2 aliphatic heterocycles. The van der Waals surface area contributed by atoms with Gasteiger partial charge in [-0.25, -0.2) is 14.3 Å². The molecule has 6 nitrogen and oxygen atoms in total. The number of fused-ring (bicyclic) bond motifs is 3. The van der Waals surface area contributed by atoms with E-state index >= 15 is 0 Å². The molecule has 160 valence electrons. The Morgan fingerprint density at radius 3 is 2.74 bits per heavy atom. The quantitative estimate of drug-likeness (QED) is 0.664. The third-order valence-corrected chi connectivity index (χ3v) is 6.07. The van der Waals surface area contributed by atoms with Crippen LogP contribution in [0.4, 0.5) is 10.1 Å². The number of thioether (sulfide) groups is 1. The topological polar surface area (TPSA) is 74.1 Å². The molecular formula is C23H23FN4O2S. The Morgan fingerprint density at radius 2 is 1.97 bits per heavy atom. The fraction of sp³-hybridized carbons (Fsp3) is 0.304. The van der Waals surface area contributed by atoms with Gasteiger partial charge >= 0.3 is 0 Å². The number of nitrogens with one attached hydrogen (secondary N) is 1. The van der Waals surface area contributed by atoms with Crippen molar-refractivity contribution >= 4 is 40.3 Å². The number of hydrogen-bond acceptors (Lipinski definition) is 5. The fourth-order valence-corrected chi connectivity index (χ4v) is 4.37. The molecule has 4 rings (SSSR count). The predicted molar refractivity (Wildman–Crippen MR) is 121 cm³/mol.